The van der Waals surface area contributed by atoms with E-state index >= 15 is 0 Å². The third-order valence-electron chi connectivity index (χ3n) is 4.02. The predicted octanol–water partition coefficient (Wildman–Crippen LogP) is 1.17. The van der Waals surface area contributed by atoms with Gasteiger partial charge in [-0.15, -0.1) is 15.3 Å². The van der Waals surface area contributed by atoms with Crippen molar-refractivity contribution in [2.24, 2.45) is 5.92 Å². The fourth-order valence-electron chi connectivity index (χ4n) is 2.73. The first-order valence-corrected chi connectivity index (χ1v) is 7.79. The topological polar surface area (TPSA) is 75.4 Å². The lowest BCUT2D eigenvalue weighted by molar-refractivity contribution is -0.124. The molecule has 1 aliphatic heterocycles. The van der Waals surface area contributed by atoms with Gasteiger partial charge in [-0.1, -0.05) is 13.8 Å². The Morgan fingerprint density at radius 2 is 2.18 bits per heavy atom. The summed E-state index contributed by atoms with van der Waals surface area (Å²) in [6, 6.07) is 4.08. The smallest absolute Gasteiger partial charge is 0.222 e. The van der Waals surface area contributed by atoms with Crippen molar-refractivity contribution in [2.45, 2.75) is 39.7 Å². The molecule has 0 aliphatic carbocycles. The van der Waals surface area contributed by atoms with E-state index in [1.54, 1.807) is 4.52 Å². The molecule has 1 fully saturated rings. The third-order valence-corrected chi connectivity index (χ3v) is 4.02. The van der Waals surface area contributed by atoms with Gasteiger partial charge in [0.15, 0.2) is 11.5 Å². The summed E-state index contributed by atoms with van der Waals surface area (Å²) < 4.78 is 1.76. The average molecular weight is 302 g/mol. The van der Waals surface area contributed by atoms with E-state index in [0.29, 0.717) is 0 Å². The molecule has 1 saturated heterocycles. The molecule has 1 atom stereocenters. The number of aromatic nitrogens is 4. The first-order chi connectivity index (χ1) is 10.5. The minimum absolute atomic E-state index is 0.0181. The maximum Gasteiger partial charge on any atom is 0.222 e. The van der Waals surface area contributed by atoms with Gasteiger partial charge in [0.05, 0.1) is 0 Å². The van der Waals surface area contributed by atoms with E-state index in [1.807, 2.05) is 32.9 Å². The van der Waals surface area contributed by atoms with Gasteiger partial charge in [0, 0.05) is 25.0 Å². The van der Waals surface area contributed by atoms with Gasteiger partial charge >= 0.3 is 0 Å². The van der Waals surface area contributed by atoms with Crippen molar-refractivity contribution in [2.75, 3.05) is 18.0 Å². The number of carbonyl (C=O) groups is 1. The highest BCUT2D eigenvalue weighted by Gasteiger charge is 2.23. The van der Waals surface area contributed by atoms with Gasteiger partial charge in [-0.2, -0.15) is 4.52 Å². The van der Waals surface area contributed by atoms with Crippen molar-refractivity contribution in [1.29, 1.82) is 0 Å². The number of hydrogen-bond donors (Lipinski definition) is 1. The molecule has 1 N–H and O–H groups in total. The first kappa shape index (κ1) is 14.7. The monoisotopic (exact) mass is 302 g/mol. The lowest BCUT2D eigenvalue weighted by Crippen LogP contribution is -2.49. The van der Waals surface area contributed by atoms with Crippen molar-refractivity contribution in [3.05, 3.63) is 18.0 Å². The summed E-state index contributed by atoms with van der Waals surface area (Å²) in [6.45, 7) is 7.46. The summed E-state index contributed by atoms with van der Waals surface area (Å²) in [4.78, 5) is 14.1. The largest absolute Gasteiger partial charge is 0.353 e. The standard InChI is InChI=1S/C15H22N6O/c1-10(2)15(22)16-12-5-4-8-20(9-12)14-7-6-13-18-17-11(3)21(13)19-14/h6-7,10,12H,4-5,8-9H2,1-3H3,(H,16,22). The fourth-order valence-corrected chi connectivity index (χ4v) is 2.73. The lowest BCUT2D eigenvalue weighted by Gasteiger charge is -2.34. The highest BCUT2D eigenvalue weighted by Crippen LogP contribution is 2.18. The number of amides is 1. The van der Waals surface area contributed by atoms with E-state index in [1.165, 1.54) is 0 Å². The highest BCUT2D eigenvalue weighted by atomic mass is 16.1. The molecule has 3 rings (SSSR count). The molecule has 1 unspecified atom stereocenters. The molecular weight excluding hydrogens is 280 g/mol. The Bertz CT molecular complexity index is 680. The minimum atomic E-state index is 0.0181. The Kier molecular flexibility index (Phi) is 3.96. The molecule has 2 aromatic rings. The van der Waals surface area contributed by atoms with Gasteiger partial charge in [0.25, 0.3) is 0 Å². The first-order valence-electron chi connectivity index (χ1n) is 7.79. The molecule has 0 bridgehead atoms. The second-order valence-corrected chi connectivity index (χ2v) is 6.16. The van der Waals surface area contributed by atoms with E-state index in [4.69, 9.17) is 0 Å². The van der Waals surface area contributed by atoms with Gasteiger partial charge in [-0.25, -0.2) is 0 Å². The van der Waals surface area contributed by atoms with Crippen LogP contribution < -0.4 is 10.2 Å². The molecule has 7 nitrogen and oxygen atoms in total. The van der Waals surface area contributed by atoms with Gasteiger partial charge in [-0.05, 0) is 31.9 Å². The molecule has 1 aliphatic rings. The van der Waals surface area contributed by atoms with Gasteiger partial charge in [-0.3, -0.25) is 4.79 Å². The molecule has 0 saturated carbocycles. The fraction of sp³-hybridized carbons (Fsp3) is 0.600. The number of carbonyl (C=O) groups excluding carboxylic acids is 1. The number of hydrogen-bond acceptors (Lipinski definition) is 5. The number of fused-ring (bicyclic) bond motifs is 1. The summed E-state index contributed by atoms with van der Waals surface area (Å²) >= 11 is 0. The molecule has 1 amide bonds. The number of nitrogens with one attached hydrogen (secondary N) is 1. The Labute approximate surface area is 129 Å². The van der Waals surface area contributed by atoms with Crippen LogP contribution in [0.1, 0.15) is 32.5 Å². The number of aryl methyl sites for hydroxylation is 1. The molecule has 3 heterocycles. The summed E-state index contributed by atoms with van der Waals surface area (Å²) in [7, 11) is 0. The Balaban J connectivity index is 1.75. The predicted molar refractivity (Wildman–Crippen MR) is 83.7 cm³/mol. The summed E-state index contributed by atoms with van der Waals surface area (Å²) in [5.41, 5.74) is 0.753. The molecule has 0 spiro atoms. The maximum atomic E-state index is 11.9. The summed E-state index contributed by atoms with van der Waals surface area (Å²) in [5.74, 6) is 1.81. The van der Waals surface area contributed by atoms with Crippen LogP contribution in [0.5, 0.6) is 0 Å². The molecule has 22 heavy (non-hydrogen) atoms. The zero-order valence-corrected chi connectivity index (χ0v) is 13.3. The van der Waals surface area contributed by atoms with Crippen LogP contribution in [0, 0.1) is 12.8 Å². The molecule has 0 radical (unpaired) electrons. The molecule has 2 aromatic heterocycles. The summed E-state index contributed by atoms with van der Waals surface area (Å²) in [6.07, 6.45) is 2.06. The normalized spacial score (nSPS) is 18.9. The SMILES string of the molecule is Cc1nnc2ccc(N3CCCC(NC(=O)C(C)C)C3)nn12. The Morgan fingerprint density at radius 3 is 2.95 bits per heavy atom. The summed E-state index contributed by atoms with van der Waals surface area (Å²) in [5, 5.41) is 15.8. The van der Waals surface area contributed by atoms with Crippen molar-refractivity contribution in [1.82, 2.24) is 25.1 Å². The van der Waals surface area contributed by atoms with E-state index in [2.05, 4.69) is 25.5 Å². The average Bonchev–Trinajstić information content (AvgIpc) is 2.88. The van der Waals surface area contributed by atoms with Gasteiger partial charge in [0.1, 0.15) is 5.82 Å². The Hall–Kier alpha value is -2.18. The van der Waals surface area contributed by atoms with Crippen LogP contribution in [0.3, 0.4) is 0 Å². The molecule has 118 valence electrons. The van der Waals surface area contributed by atoms with Crippen molar-refractivity contribution >= 4 is 17.4 Å². The second kappa shape index (κ2) is 5.90. The zero-order chi connectivity index (χ0) is 15.7. The molecule has 0 aromatic carbocycles. The van der Waals surface area contributed by atoms with Crippen LogP contribution in [0.2, 0.25) is 0 Å². The minimum Gasteiger partial charge on any atom is -0.353 e. The van der Waals surface area contributed by atoms with Crippen LogP contribution in [0.4, 0.5) is 5.82 Å². The zero-order valence-electron chi connectivity index (χ0n) is 13.3. The van der Waals surface area contributed by atoms with Crippen LogP contribution in [0.25, 0.3) is 5.65 Å². The highest BCUT2D eigenvalue weighted by molar-refractivity contribution is 5.78. The van der Waals surface area contributed by atoms with E-state index in [-0.39, 0.29) is 17.9 Å². The second-order valence-electron chi connectivity index (χ2n) is 6.16. The Morgan fingerprint density at radius 1 is 1.36 bits per heavy atom. The quantitative estimate of drug-likeness (QED) is 0.921. The van der Waals surface area contributed by atoms with Crippen molar-refractivity contribution < 1.29 is 4.79 Å². The molecular formula is C15H22N6O. The van der Waals surface area contributed by atoms with E-state index in [9.17, 15) is 4.79 Å². The third kappa shape index (κ3) is 2.88. The lowest BCUT2D eigenvalue weighted by atomic mass is 10.0. The van der Waals surface area contributed by atoms with Crippen LogP contribution in [0.15, 0.2) is 12.1 Å². The number of nitrogens with zero attached hydrogens (tertiary/aromatic N) is 5. The van der Waals surface area contributed by atoms with Crippen LogP contribution in [-0.4, -0.2) is 44.8 Å². The van der Waals surface area contributed by atoms with Crippen molar-refractivity contribution in [3.63, 3.8) is 0 Å². The molecule has 7 heteroatoms. The number of rotatable bonds is 3. The van der Waals surface area contributed by atoms with E-state index in [0.717, 1.165) is 43.2 Å². The number of piperidine rings is 1. The number of anilines is 1. The van der Waals surface area contributed by atoms with Crippen molar-refractivity contribution in [3.8, 4) is 0 Å². The van der Waals surface area contributed by atoms with Crippen LogP contribution in [-0.2, 0) is 4.79 Å². The van der Waals surface area contributed by atoms with Crippen LogP contribution >= 0.6 is 0 Å². The van der Waals surface area contributed by atoms with Gasteiger partial charge in [0.2, 0.25) is 5.91 Å². The maximum absolute atomic E-state index is 11.9. The van der Waals surface area contributed by atoms with E-state index < -0.39 is 0 Å². The van der Waals surface area contributed by atoms with Gasteiger partial charge < -0.3 is 10.2 Å².